The van der Waals surface area contributed by atoms with Crippen molar-refractivity contribution in [2.75, 3.05) is 12.4 Å². The molecule has 0 aliphatic carbocycles. The number of hydrogen-bond acceptors (Lipinski definition) is 7. The molecule has 31 heavy (non-hydrogen) atoms. The summed E-state index contributed by atoms with van der Waals surface area (Å²) in [5.74, 6) is -1.38. The Hall–Kier alpha value is -3.59. The van der Waals surface area contributed by atoms with Crippen LogP contribution in [0.3, 0.4) is 0 Å². The van der Waals surface area contributed by atoms with Crippen LogP contribution in [0, 0.1) is 10.1 Å². The first-order valence-corrected chi connectivity index (χ1v) is 10.2. The van der Waals surface area contributed by atoms with Gasteiger partial charge in [-0.25, -0.2) is 9.78 Å². The van der Waals surface area contributed by atoms with Crippen LogP contribution in [0.5, 0.6) is 0 Å². The number of thiazole rings is 1. The van der Waals surface area contributed by atoms with E-state index in [4.69, 9.17) is 0 Å². The van der Waals surface area contributed by atoms with Crippen molar-refractivity contribution in [1.82, 2.24) is 4.98 Å². The average Bonchev–Trinajstić information content (AvgIpc) is 3.20. The Balaban J connectivity index is 1.82. The van der Waals surface area contributed by atoms with Crippen molar-refractivity contribution in [3.8, 4) is 11.3 Å². The molecule has 0 bridgehead atoms. The number of benzene rings is 2. The van der Waals surface area contributed by atoms with Gasteiger partial charge in [-0.15, -0.1) is 11.3 Å². The van der Waals surface area contributed by atoms with Crippen molar-refractivity contribution in [3.63, 3.8) is 0 Å². The summed E-state index contributed by atoms with van der Waals surface area (Å²) < 4.78 is 4.60. The number of ether oxygens (including phenoxy) is 1. The van der Waals surface area contributed by atoms with Crippen LogP contribution in [-0.4, -0.2) is 28.9 Å². The second kappa shape index (κ2) is 8.65. The minimum absolute atomic E-state index is 0.0409. The van der Waals surface area contributed by atoms with Crippen LogP contribution in [0.4, 0.5) is 10.8 Å². The number of esters is 1. The van der Waals surface area contributed by atoms with Crippen LogP contribution < -0.4 is 5.32 Å². The van der Waals surface area contributed by atoms with Crippen molar-refractivity contribution in [2.45, 2.75) is 26.2 Å². The highest BCUT2D eigenvalue weighted by Gasteiger charge is 2.19. The van der Waals surface area contributed by atoms with Crippen LogP contribution in [0.15, 0.2) is 47.8 Å². The lowest BCUT2D eigenvalue weighted by molar-refractivity contribution is -0.384. The van der Waals surface area contributed by atoms with Gasteiger partial charge in [0.25, 0.3) is 11.6 Å². The van der Waals surface area contributed by atoms with E-state index in [-0.39, 0.29) is 22.2 Å². The van der Waals surface area contributed by atoms with Gasteiger partial charge in [0, 0.05) is 28.6 Å². The Morgan fingerprint density at radius 3 is 2.32 bits per heavy atom. The van der Waals surface area contributed by atoms with E-state index in [0.717, 1.165) is 24.8 Å². The normalized spacial score (nSPS) is 11.1. The minimum atomic E-state index is -0.770. The molecule has 0 aliphatic rings. The van der Waals surface area contributed by atoms with E-state index in [9.17, 15) is 19.7 Å². The van der Waals surface area contributed by atoms with E-state index in [1.165, 1.54) is 23.0 Å². The third kappa shape index (κ3) is 5.13. The predicted octanol–water partition coefficient (Wildman–Crippen LogP) is 5.05. The lowest BCUT2D eigenvalue weighted by atomic mass is 9.86. The third-order valence-corrected chi connectivity index (χ3v) is 5.34. The molecule has 1 N–H and O–H groups in total. The molecule has 0 spiro atoms. The molecule has 0 fully saturated rings. The van der Waals surface area contributed by atoms with E-state index in [2.05, 4.69) is 35.8 Å². The van der Waals surface area contributed by atoms with Crippen LogP contribution >= 0.6 is 11.3 Å². The van der Waals surface area contributed by atoms with Gasteiger partial charge in [0.15, 0.2) is 5.13 Å². The van der Waals surface area contributed by atoms with Crippen molar-refractivity contribution >= 4 is 34.0 Å². The molecule has 0 saturated carbocycles. The molecule has 1 amide bonds. The number of rotatable bonds is 5. The smallest absolute Gasteiger partial charge is 0.338 e. The summed E-state index contributed by atoms with van der Waals surface area (Å²) in [6.45, 7) is 6.41. The van der Waals surface area contributed by atoms with E-state index in [1.54, 1.807) is 0 Å². The molecule has 0 unspecified atom stereocenters. The summed E-state index contributed by atoms with van der Waals surface area (Å²) in [6, 6.07) is 11.4. The van der Waals surface area contributed by atoms with Crippen molar-refractivity contribution in [3.05, 3.63) is 74.6 Å². The van der Waals surface area contributed by atoms with Crippen LogP contribution in [0.25, 0.3) is 11.3 Å². The fraction of sp³-hybridized carbons (Fsp3) is 0.227. The number of amides is 1. The first-order chi connectivity index (χ1) is 14.6. The maximum Gasteiger partial charge on any atom is 0.338 e. The molecular weight excluding hydrogens is 418 g/mol. The number of carbonyl (C=O) groups excluding carboxylic acids is 2. The van der Waals surface area contributed by atoms with Gasteiger partial charge >= 0.3 is 5.97 Å². The number of non-ortho nitro benzene ring substituents is 1. The second-order valence-corrected chi connectivity index (χ2v) is 8.69. The molecule has 1 aromatic heterocycles. The molecule has 0 atom stereocenters. The topological polar surface area (TPSA) is 111 Å². The molecule has 3 rings (SSSR count). The minimum Gasteiger partial charge on any atom is -0.465 e. The summed E-state index contributed by atoms with van der Waals surface area (Å²) >= 11 is 1.23. The van der Waals surface area contributed by atoms with Gasteiger partial charge in [0.05, 0.1) is 23.3 Å². The van der Waals surface area contributed by atoms with Crippen LogP contribution in [-0.2, 0) is 10.2 Å². The summed E-state index contributed by atoms with van der Waals surface area (Å²) in [6.07, 6.45) is 0. The number of nitro groups is 1. The number of nitrogens with zero attached hydrogens (tertiary/aromatic N) is 2. The number of nitrogens with one attached hydrogen (secondary N) is 1. The number of hydrogen-bond donors (Lipinski definition) is 1. The highest BCUT2D eigenvalue weighted by atomic mass is 32.1. The fourth-order valence-corrected chi connectivity index (χ4v) is 3.57. The first kappa shape index (κ1) is 22.1. The van der Waals surface area contributed by atoms with Crippen molar-refractivity contribution in [1.29, 1.82) is 0 Å². The molecule has 9 heteroatoms. The molecule has 0 aliphatic heterocycles. The summed E-state index contributed by atoms with van der Waals surface area (Å²) in [4.78, 5) is 39.3. The molecule has 2 aromatic carbocycles. The second-order valence-electron chi connectivity index (χ2n) is 7.84. The van der Waals surface area contributed by atoms with Crippen molar-refractivity contribution < 1.29 is 19.2 Å². The van der Waals surface area contributed by atoms with Gasteiger partial charge in [-0.1, -0.05) is 45.0 Å². The molecule has 1 heterocycles. The molecule has 160 valence electrons. The molecule has 8 nitrogen and oxygen atoms in total. The van der Waals surface area contributed by atoms with E-state index in [0.29, 0.717) is 10.8 Å². The van der Waals surface area contributed by atoms with Crippen LogP contribution in [0.2, 0.25) is 0 Å². The van der Waals surface area contributed by atoms with Gasteiger partial charge in [0.1, 0.15) is 0 Å². The molecule has 0 saturated heterocycles. The average molecular weight is 439 g/mol. The standard InChI is InChI=1S/C22H21N3O5S/c1-22(2,3)16-7-5-13(6-8-16)18-12-31-21(23-18)24-19(26)14-9-15(20(27)30-4)11-17(10-14)25(28)29/h5-12H,1-4H3,(H,23,24,26). The maximum atomic E-state index is 12.6. The van der Waals surface area contributed by atoms with Crippen LogP contribution in [0.1, 0.15) is 47.1 Å². The summed E-state index contributed by atoms with van der Waals surface area (Å²) in [5.41, 5.74) is 2.35. The van der Waals surface area contributed by atoms with Gasteiger partial charge in [-0.2, -0.15) is 0 Å². The Labute approximate surface area is 183 Å². The van der Waals surface area contributed by atoms with Gasteiger partial charge in [-0.05, 0) is 17.0 Å². The lowest BCUT2D eigenvalue weighted by Crippen LogP contribution is -2.14. The summed E-state index contributed by atoms with van der Waals surface area (Å²) in [7, 11) is 1.16. The quantitative estimate of drug-likeness (QED) is 0.338. The first-order valence-electron chi connectivity index (χ1n) is 9.34. The summed E-state index contributed by atoms with van der Waals surface area (Å²) in [5, 5.41) is 15.9. The van der Waals surface area contributed by atoms with Gasteiger partial charge in [0.2, 0.25) is 0 Å². The fourth-order valence-electron chi connectivity index (χ4n) is 2.86. The number of anilines is 1. The highest BCUT2D eigenvalue weighted by Crippen LogP contribution is 2.29. The zero-order valence-corrected chi connectivity index (χ0v) is 18.3. The van der Waals surface area contributed by atoms with E-state index in [1.807, 2.05) is 29.6 Å². The van der Waals surface area contributed by atoms with Gasteiger partial charge in [-0.3, -0.25) is 20.2 Å². The zero-order chi connectivity index (χ0) is 22.8. The van der Waals surface area contributed by atoms with Gasteiger partial charge < -0.3 is 4.74 Å². The number of nitro benzene ring substituents is 1. The largest absolute Gasteiger partial charge is 0.465 e. The zero-order valence-electron chi connectivity index (χ0n) is 17.5. The number of methoxy groups -OCH3 is 1. The Kier molecular flexibility index (Phi) is 6.16. The van der Waals surface area contributed by atoms with E-state index < -0.39 is 16.8 Å². The molecular formula is C22H21N3O5S. The van der Waals surface area contributed by atoms with E-state index >= 15 is 0 Å². The molecule has 0 radical (unpaired) electrons. The Bertz CT molecular complexity index is 1150. The SMILES string of the molecule is COC(=O)c1cc(C(=O)Nc2nc(-c3ccc(C(C)(C)C)cc3)cs2)cc([N+](=O)[O-])c1. The Morgan fingerprint density at radius 2 is 1.74 bits per heavy atom. The third-order valence-electron chi connectivity index (χ3n) is 4.58. The maximum absolute atomic E-state index is 12.6. The Morgan fingerprint density at radius 1 is 1.10 bits per heavy atom. The highest BCUT2D eigenvalue weighted by molar-refractivity contribution is 7.14. The number of aromatic nitrogens is 1. The monoisotopic (exact) mass is 439 g/mol. The molecule has 3 aromatic rings. The number of carbonyl (C=O) groups is 2. The lowest BCUT2D eigenvalue weighted by Gasteiger charge is -2.18. The van der Waals surface area contributed by atoms with Crippen molar-refractivity contribution in [2.24, 2.45) is 0 Å². The predicted molar refractivity (Wildman–Crippen MR) is 119 cm³/mol.